The summed E-state index contributed by atoms with van der Waals surface area (Å²) in [7, 11) is 0. The van der Waals surface area contributed by atoms with Gasteiger partial charge in [0, 0.05) is 15.7 Å². The van der Waals surface area contributed by atoms with Gasteiger partial charge >= 0.3 is 0 Å². The SMILES string of the molecule is C=CC(=O)c1ccc(SC2CCCC2)cc1. The van der Waals surface area contributed by atoms with Gasteiger partial charge in [0.15, 0.2) is 5.78 Å². The molecule has 0 saturated heterocycles. The van der Waals surface area contributed by atoms with E-state index in [1.807, 2.05) is 36.0 Å². The predicted molar refractivity (Wildman–Crippen MR) is 69.1 cm³/mol. The van der Waals surface area contributed by atoms with Gasteiger partial charge in [-0.1, -0.05) is 19.4 Å². The monoisotopic (exact) mass is 232 g/mol. The highest BCUT2D eigenvalue weighted by atomic mass is 32.2. The van der Waals surface area contributed by atoms with Gasteiger partial charge in [0.1, 0.15) is 0 Å². The summed E-state index contributed by atoms with van der Waals surface area (Å²) in [6.07, 6.45) is 6.75. The molecule has 1 fully saturated rings. The second kappa shape index (κ2) is 5.35. The van der Waals surface area contributed by atoms with Crippen LogP contribution in [0.5, 0.6) is 0 Å². The number of hydrogen-bond acceptors (Lipinski definition) is 2. The van der Waals surface area contributed by atoms with E-state index in [4.69, 9.17) is 0 Å². The van der Waals surface area contributed by atoms with Gasteiger partial charge in [0.05, 0.1) is 0 Å². The Labute approximate surface area is 101 Å². The van der Waals surface area contributed by atoms with Crippen molar-refractivity contribution in [1.29, 1.82) is 0 Å². The van der Waals surface area contributed by atoms with Crippen molar-refractivity contribution in [3.8, 4) is 0 Å². The van der Waals surface area contributed by atoms with Crippen molar-refractivity contribution in [2.45, 2.75) is 35.8 Å². The van der Waals surface area contributed by atoms with Gasteiger partial charge in [-0.2, -0.15) is 0 Å². The summed E-state index contributed by atoms with van der Waals surface area (Å²) in [5.41, 5.74) is 0.728. The molecule has 2 rings (SSSR count). The van der Waals surface area contributed by atoms with E-state index in [1.165, 1.54) is 36.7 Å². The first-order valence-corrected chi connectivity index (χ1v) is 6.61. The van der Waals surface area contributed by atoms with Crippen molar-refractivity contribution in [1.82, 2.24) is 0 Å². The number of carbonyl (C=O) groups is 1. The van der Waals surface area contributed by atoms with Crippen LogP contribution in [-0.2, 0) is 0 Å². The smallest absolute Gasteiger partial charge is 0.185 e. The molecule has 1 nitrogen and oxygen atoms in total. The van der Waals surface area contributed by atoms with Crippen LogP contribution < -0.4 is 0 Å². The summed E-state index contributed by atoms with van der Waals surface area (Å²) < 4.78 is 0. The summed E-state index contributed by atoms with van der Waals surface area (Å²) >= 11 is 1.94. The first-order valence-electron chi connectivity index (χ1n) is 5.73. The molecule has 0 radical (unpaired) electrons. The first-order chi connectivity index (χ1) is 7.79. The zero-order valence-electron chi connectivity index (χ0n) is 9.32. The lowest BCUT2D eigenvalue weighted by atomic mass is 10.1. The second-order valence-corrected chi connectivity index (χ2v) is 5.49. The fourth-order valence-electron chi connectivity index (χ4n) is 2.01. The average molecular weight is 232 g/mol. The van der Waals surface area contributed by atoms with E-state index in [-0.39, 0.29) is 5.78 Å². The maximum absolute atomic E-state index is 11.3. The van der Waals surface area contributed by atoms with E-state index >= 15 is 0 Å². The molecule has 1 aliphatic carbocycles. The van der Waals surface area contributed by atoms with Gasteiger partial charge in [0.2, 0.25) is 0 Å². The zero-order chi connectivity index (χ0) is 11.4. The Morgan fingerprint density at radius 2 is 1.88 bits per heavy atom. The molecule has 1 aromatic rings. The van der Waals surface area contributed by atoms with E-state index < -0.39 is 0 Å². The average Bonchev–Trinajstić information content (AvgIpc) is 2.82. The minimum Gasteiger partial charge on any atom is -0.289 e. The van der Waals surface area contributed by atoms with Crippen molar-refractivity contribution in [2.75, 3.05) is 0 Å². The van der Waals surface area contributed by atoms with E-state index in [9.17, 15) is 4.79 Å². The third-order valence-corrected chi connectivity index (χ3v) is 4.28. The minimum absolute atomic E-state index is 0.00239. The van der Waals surface area contributed by atoms with Crippen LogP contribution in [0.2, 0.25) is 0 Å². The van der Waals surface area contributed by atoms with Crippen LogP contribution in [0.15, 0.2) is 41.8 Å². The molecule has 84 valence electrons. The van der Waals surface area contributed by atoms with Crippen LogP contribution in [-0.4, -0.2) is 11.0 Å². The van der Waals surface area contributed by atoms with Crippen molar-refractivity contribution >= 4 is 17.5 Å². The Hall–Kier alpha value is -1.02. The number of carbonyl (C=O) groups excluding carboxylic acids is 1. The number of allylic oxidation sites excluding steroid dienone is 1. The number of ketones is 1. The zero-order valence-corrected chi connectivity index (χ0v) is 10.1. The fourth-order valence-corrected chi connectivity index (χ4v) is 3.26. The third-order valence-electron chi connectivity index (χ3n) is 2.93. The standard InChI is InChI=1S/C14H16OS/c1-2-14(15)11-7-9-13(10-8-11)16-12-5-3-4-6-12/h2,7-10,12H,1,3-6H2. The van der Waals surface area contributed by atoms with Crippen LogP contribution >= 0.6 is 11.8 Å². The van der Waals surface area contributed by atoms with Crippen molar-refractivity contribution in [3.63, 3.8) is 0 Å². The molecule has 0 unspecified atom stereocenters. The minimum atomic E-state index is -0.00239. The lowest BCUT2D eigenvalue weighted by Gasteiger charge is -2.08. The molecule has 0 amide bonds. The van der Waals surface area contributed by atoms with E-state index in [2.05, 4.69) is 6.58 Å². The molecule has 0 N–H and O–H groups in total. The van der Waals surface area contributed by atoms with E-state index in [1.54, 1.807) is 0 Å². The van der Waals surface area contributed by atoms with Gasteiger partial charge in [-0.05, 0) is 43.2 Å². The second-order valence-electron chi connectivity index (χ2n) is 4.12. The van der Waals surface area contributed by atoms with Gasteiger partial charge < -0.3 is 0 Å². The van der Waals surface area contributed by atoms with Crippen LogP contribution in [0.1, 0.15) is 36.0 Å². The number of rotatable bonds is 4. The molecule has 0 aromatic heterocycles. The first kappa shape index (κ1) is 11.5. The lowest BCUT2D eigenvalue weighted by molar-refractivity contribution is 0.104. The molecule has 0 spiro atoms. The Kier molecular flexibility index (Phi) is 3.83. The van der Waals surface area contributed by atoms with Crippen molar-refractivity contribution in [2.24, 2.45) is 0 Å². The van der Waals surface area contributed by atoms with Crippen LogP contribution in [0.3, 0.4) is 0 Å². The Morgan fingerprint density at radius 3 is 2.44 bits per heavy atom. The molecule has 16 heavy (non-hydrogen) atoms. The molecule has 1 aliphatic rings. The van der Waals surface area contributed by atoms with Crippen LogP contribution in [0.25, 0.3) is 0 Å². The summed E-state index contributed by atoms with van der Waals surface area (Å²) in [5, 5.41) is 0.779. The molecule has 0 aliphatic heterocycles. The number of hydrogen-bond donors (Lipinski definition) is 0. The molecular weight excluding hydrogens is 216 g/mol. The Bertz CT molecular complexity index is 374. The number of thioether (sulfide) groups is 1. The van der Waals surface area contributed by atoms with Crippen LogP contribution in [0.4, 0.5) is 0 Å². The lowest BCUT2D eigenvalue weighted by Crippen LogP contribution is -1.95. The quantitative estimate of drug-likeness (QED) is 0.574. The highest BCUT2D eigenvalue weighted by molar-refractivity contribution is 8.00. The maximum Gasteiger partial charge on any atom is 0.185 e. The molecule has 1 saturated carbocycles. The molecular formula is C14H16OS. The molecule has 0 atom stereocenters. The van der Waals surface area contributed by atoms with Gasteiger partial charge in [-0.3, -0.25) is 4.79 Å². The maximum atomic E-state index is 11.3. The molecule has 1 aromatic carbocycles. The van der Waals surface area contributed by atoms with Crippen LogP contribution in [0, 0.1) is 0 Å². The van der Waals surface area contributed by atoms with Crippen molar-refractivity contribution in [3.05, 3.63) is 42.5 Å². The van der Waals surface area contributed by atoms with Crippen molar-refractivity contribution < 1.29 is 4.79 Å². The normalized spacial score (nSPS) is 16.2. The summed E-state index contributed by atoms with van der Waals surface area (Å²) in [5.74, 6) is -0.00239. The summed E-state index contributed by atoms with van der Waals surface area (Å²) in [6, 6.07) is 7.86. The largest absolute Gasteiger partial charge is 0.289 e. The predicted octanol–water partition coefficient (Wildman–Crippen LogP) is 4.09. The topological polar surface area (TPSA) is 17.1 Å². The summed E-state index contributed by atoms with van der Waals surface area (Å²) in [4.78, 5) is 12.6. The third kappa shape index (κ3) is 2.76. The van der Waals surface area contributed by atoms with E-state index in [0.29, 0.717) is 0 Å². The van der Waals surface area contributed by atoms with Gasteiger partial charge in [-0.25, -0.2) is 0 Å². The number of benzene rings is 1. The fraction of sp³-hybridized carbons (Fsp3) is 0.357. The Morgan fingerprint density at radius 1 is 1.25 bits per heavy atom. The summed E-state index contributed by atoms with van der Waals surface area (Å²) in [6.45, 7) is 3.49. The highest BCUT2D eigenvalue weighted by Gasteiger charge is 2.15. The molecule has 2 heteroatoms. The van der Waals surface area contributed by atoms with E-state index in [0.717, 1.165) is 10.8 Å². The molecule has 0 heterocycles. The van der Waals surface area contributed by atoms with Gasteiger partial charge in [-0.15, -0.1) is 11.8 Å². The van der Waals surface area contributed by atoms with Gasteiger partial charge in [0.25, 0.3) is 0 Å². The Balaban J connectivity index is 2.01. The molecule has 0 bridgehead atoms. The highest BCUT2D eigenvalue weighted by Crippen LogP contribution is 2.34.